The summed E-state index contributed by atoms with van der Waals surface area (Å²) in [5.74, 6) is 1.11. The first-order valence-electron chi connectivity index (χ1n) is 10.1. The van der Waals surface area contributed by atoms with E-state index in [-0.39, 0.29) is 5.56 Å². The first-order chi connectivity index (χ1) is 15.5. The first-order valence-corrected chi connectivity index (χ1v) is 10.1. The van der Waals surface area contributed by atoms with Crippen LogP contribution in [0.1, 0.15) is 31.8 Å². The predicted molar refractivity (Wildman–Crippen MR) is 122 cm³/mol. The Kier molecular flexibility index (Phi) is 7.49. The van der Waals surface area contributed by atoms with Gasteiger partial charge in [-0.3, -0.25) is 9.59 Å². The van der Waals surface area contributed by atoms with Gasteiger partial charge >= 0.3 is 0 Å². The molecule has 0 saturated carbocycles. The predicted octanol–water partition coefficient (Wildman–Crippen LogP) is 4.57. The Hall–Kier alpha value is -3.80. The summed E-state index contributed by atoms with van der Waals surface area (Å²) < 4.78 is 21.1. The number of hydrogen-bond acceptors (Lipinski definition) is 6. The molecule has 3 rings (SSSR count). The molecule has 3 aromatic carbocycles. The summed E-state index contributed by atoms with van der Waals surface area (Å²) in [6, 6.07) is 17.5. The molecule has 0 unspecified atom stereocenters. The number of ether oxygens (including phenoxy) is 4. The van der Waals surface area contributed by atoms with Gasteiger partial charge < -0.3 is 18.9 Å². The molecule has 0 spiro atoms. The maximum atomic E-state index is 13.1. The van der Waals surface area contributed by atoms with E-state index in [0.29, 0.717) is 41.4 Å². The van der Waals surface area contributed by atoms with Gasteiger partial charge in [0.1, 0.15) is 23.0 Å². The van der Waals surface area contributed by atoms with Gasteiger partial charge in [0.15, 0.2) is 0 Å². The van der Waals surface area contributed by atoms with Crippen molar-refractivity contribution in [2.24, 2.45) is 0 Å². The zero-order valence-corrected chi connectivity index (χ0v) is 18.6. The quantitative estimate of drug-likeness (QED) is 0.344. The van der Waals surface area contributed by atoms with Gasteiger partial charge in [0.05, 0.1) is 28.4 Å². The van der Waals surface area contributed by atoms with Gasteiger partial charge in [-0.15, -0.1) is 0 Å². The summed E-state index contributed by atoms with van der Waals surface area (Å²) in [5.41, 5.74) is 2.41. The molecule has 0 fully saturated rings. The average molecular weight is 434 g/mol. The van der Waals surface area contributed by atoms with Gasteiger partial charge in [-0.1, -0.05) is 24.3 Å². The van der Waals surface area contributed by atoms with Gasteiger partial charge in [-0.2, -0.15) is 0 Å². The molecule has 0 saturated heterocycles. The normalized spacial score (nSPS) is 10.4. The minimum Gasteiger partial charge on any atom is -0.497 e. The van der Waals surface area contributed by atoms with Crippen LogP contribution in [-0.2, 0) is 12.8 Å². The number of carbonyl (C=O) groups is 2. The fourth-order valence-electron chi connectivity index (χ4n) is 3.44. The third-order valence-electron chi connectivity index (χ3n) is 5.18. The summed E-state index contributed by atoms with van der Waals surface area (Å²) >= 11 is 0. The maximum absolute atomic E-state index is 13.1. The van der Waals surface area contributed by atoms with Gasteiger partial charge in [-0.05, 0) is 48.2 Å². The summed E-state index contributed by atoms with van der Waals surface area (Å²) in [4.78, 5) is 26.1. The Balaban J connectivity index is 1.85. The van der Waals surface area contributed by atoms with Crippen LogP contribution in [0.5, 0.6) is 23.0 Å². The van der Waals surface area contributed by atoms with Crippen molar-refractivity contribution in [1.82, 2.24) is 0 Å². The highest BCUT2D eigenvalue weighted by molar-refractivity contribution is 6.49. The maximum Gasteiger partial charge on any atom is 0.233 e. The molecule has 0 bridgehead atoms. The number of aryl methyl sites for hydroxylation is 2. The van der Waals surface area contributed by atoms with Crippen molar-refractivity contribution in [2.45, 2.75) is 12.8 Å². The Labute approximate surface area is 187 Å². The molecule has 3 aromatic rings. The third-order valence-corrected chi connectivity index (χ3v) is 5.18. The number of rotatable bonds is 10. The molecular formula is C26H26O6. The number of hydrogen-bond donors (Lipinski definition) is 0. The van der Waals surface area contributed by atoms with Crippen molar-refractivity contribution >= 4 is 11.6 Å². The molecule has 0 aliphatic heterocycles. The summed E-state index contributed by atoms with van der Waals surface area (Å²) in [6.07, 6.45) is 1.23. The van der Waals surface area contributed by atoms with E-state index in [9.17, 15) is 9.59 Å². The second-order valence-electron chi connectivity index (χ2n) is 7.14. The molecule has 0 amide bonds. The number of Topliss-reactive ketones (excluding diaryl/α,β-unsaturated/α-hetero) is 2. The van der Waals surface area contributed by atoms with Crippen molar-refractivity contribution in [2.75, 3.05) is 28.4 Å². The molecule has 0 aliphatic rings. The lowest BCUT2D eigenvalue weighted by molar-refractivity contribution is 0.0816. The van der Waals surface area contributed by atoms with E-state index in [1.807, 2.05) is 30.3 Å². The topological polar surface area (TPSA) is 71.1 Å². The number of methoxy groups -OCH3 is 4. The van der Waals surface area contributed by atoms with Gasteiger partial charge in [0, 0.05) is 23.3 Å². The summed E-state index contributed by atoms with van der Waals surface area (Å²) in [6.45, 7) is 0. The molecule has 0 aromatic heterocycles. The van der Waals surface area contributed by atoms with Crippen LogP contribution in [0.4, 0.5) is 0 Å². The lowest BCUT2D eigenvalue weighted by Crippen LogP contribution is -2.17. The van der Waals surface area contributed by atoms with E-state index in [1.165, 1.54) is 26.4 Å². The number of carbonyl (C=O) groups excluding carboxylic acids is 2. The van der Waals surface area contributed by atoms with Crippen molar-refractivity contribution in [3.63, 3.8) is 0 Å². The van der Waals surface area contributed by atoms with Gasteiger partial charge in [0.25, 0.3) is 0 Å². The van der Waals surface area contributed by atoms with E-state index < -0.39 is 11.6 Å². The monoisotopic (exact) mass is 434 g/mol. The average Bonchev–Trinajstić information content (AvgIpc) is 2.85. The van der Waals surface area contributed by atoms with Gasteiger partial charge in [0.2, 0.25) is 11.6 Å². The summed E-state index contributed by atoms with van der Waals surface area (Å²) in [5, 5.41) is 0. The fraction of sp³-hybridized carbons (Fsp3) is 0.231. The molecule has 6 heteroatoms. The van der Waals surface area contributed by atoms with Crippen molar-refractivity contribution in [1.29, 1.82) is 0 Å². The highest BCUT2D eigenvalue weighted by Gasteiger charge is 2.22. The van der Waals surface area contributed by atoms with Crippen LogP contribution in [0.2, 0.25) is 0 Å². The summed E-state index contributed by atoms with van der Waals surface area (Å²) in [7, 11) is 6.19. The van der Waals surface area contributed by atoms with Crippen LogP contribution in [0, 0.1) is 0 Å². The standard InChI is InChI=1S/C26H26O6/c1-29-20-11-17(12-21(15-20)30-2)9-10-18-7-5-6-8-24(18)26(28)25(27)19-13-22(31-3)16-23(14-19)32-4/h5-8,11-16H,9-10H2,1-4H3. The molecular weight excluding hydrogens is 408 g/mol. The highest BCUT2D eigenvalue weighted by atomic mass is 16.5. The second kappa shape index (κ2) is 10.5. The third kappa shape index (κ3) is 5.27. The lowest BCUT2D eigenvalue weighted by Gasteiger charge is -2.11. The molecule has 32 heavy (non-hydrogen) atoms. The molecule has 166 valence electrons. The van der Waals surface area contributed by atoms with Crippen LogP contribution in [0.25, 0.3) is 0 Å². The largest absolute Gasteiger partial charge is 0.497 e. The van der Waals surface area contributed by atoms with E-state index in [1.54, 1.807) is 32.4 Å². The highest BCUT2D eigenvalue weighted by Crippen LogP contribution is 2.26. The minimum atomic E-state index is -0.613. The smallest absolute Gasteiger partial charge is 0.233 e. The number of benzene rings is 3. The van der Waals surface area contributed by atoms with Crippen LogP contribution in [0.15, 0.2) is 60.7 Å². The second-order valence-corrected chi connectivity index (χ2v) is 7.14. The minimum absolute atomic E-state index is 0.221. The van der Waals surface area contributed by atoms with E-state index in [2.05, 4.69) is 0 Å². The SMILES string of the molecule is COc1cc(CCc2ccccc2C(=O)C(=O)c2cc(OC)cc(OC)c2)cc(OC)c1. The van der Waals surface area contributed by atoms with Crippen LogP contribution < -0.4 is 18.9 Å². The van der Waals surface area contributed by atoms with Gasteiger partial charge in [-0.25, -0.2) is 0 Å². The van der Waals surface area contributed by atoms with Crippen LogP contribution in [-0.4, -0.2) is 40.0 Å². The zero-order valence-electron chi connectivity index (χ0n) is 18.6. The Morgan fingerprint density at radius 3 is 1.66 bits per heavy atom. The Morgan fingerprint density at radius 1 is 0.625 bits per heavy atom. The molecule has 6 nitrogen and oxygen atoms in total. The molecule has 0 atom stereocenters. The molecule has 0 radical (unpaired) electrons. The number of ketones is 2. The first kappa shape index (κ1) is 22.9. The Bertz CT molecular complexity index is 1070. The Morgan fingerprint density at radius 2 is 1.12 bits per heavy atom. The molecule has 0 N–H and O–H groups in total. The van der Waals surface area contributed by atoms with Crippen molar-refractivity contribution in [3.8, 4) is 23.0 Å². The molecule has 0 aliphatic carbocycles. The van der Waals surface area contributed by atoms with E-state index in [4.69, 9.17) is 18.9 Å². The lowest BCUT2D eigenvalue weighted by atomic mass is 9.94. The zero-order chi connectivity index (χ0) is 23.1. The van der Waals surface area contributed by atoms with Crippen LogP contribution >= 0.6 is 0 Å². The van der Waals surface area contributed by atoms with E-state index >= 15 is 0 Å². The fourth-order valence-corrected chi connectivity index (χ4v) is 3.44. The van der Waals surface area contributed by atoms with Crippen LogP contribution in [0.3, 0.4) is 0 Å². The molecule has 0 heterocycles. The van der Waals surface area contributed by atoms with Crippen molar-refractivity contribution in [3.05, 3.63) is 82.9 Å². The van der Waals surface area contributed by atoms with Crippen molar-refractivity contribution < 1.29 is 28.5 Å². The van der Waals surface area contributed by atoms with E-state index in [0.717, 1.165) is 11.1 Å².